The van der Waals surface area contributed by atoms with Crippen LogP contribution in [0.1, 0.15) is 7.85 Å². The van der Waals surface area contributed by atoms with Crippen molar-refractivity contribution in [1.82, 2.24) is 4.90 Å². The summed E-state index contributed by atoms with van der Waals surface area (Å²) in [5.74, 6) is -3.70. The maximum absolute atomic E-state index is 11.2. The Kier molecular flexibility index (Phi) is 6.79. The molecule has 0 atom stereocenters. The molecule has 1 saturated heterocycles. The molecule has 0 aromatic heterocycles. The molecule has 1 rings (SSSR count). The van der Waals surface area contributed by atoms with E-state index in [4.69, 9.17) is 14.9 Å². The predicted octanol–water partition coefficient (Wildman–Crippen LogP) is -4.14. The van der Waals surface area contributed by atoms with E-state index in [0.717, 1.165) is 0 Å². The molecule has 8 nitrogen and oxygen atoms in total. The number of hydrogen-bond acceptors (Lipinski definition) is 5. The molecule has 1 amide bonds. The third-order valence-corrected chi connectivity index (χ3v) is 2.53. The number of methoxy groups -OCH3 is 1. The van der Waals surface area contributed by atoms with Gasteiger partial charge in [0.05, 0.1) is 19.6 Å². The van der Waals surface area contributed by atoms with Crippen molar-refractivity contribution < 1.29 is 65.1 Å². The second-order valence-electron chi connectivity index (χ2n) is 3.50. The molecule has 98 valence electrons. The van der Waals surface area contributed by atoms with Gasteiger partial charge in [-0.25, -0.2) is 9.59 Å². The van der Waals surface area contributed by atoms with Gasteiger partial charge in [-0.15, -0.1) is 0 Å². The van der Waals surface area contributed by atoms with Crippen LogP contribution in [0.4, 0.5) is 0 Å². The van der Waals surface area contributed by atoms with E-state index in [-0.39, 0.29) is 50.9 Å². The number of aliphatic carboxylic acids is 2. The van der Waals surface area contributed by atoms with Gasteiger partial charge >= 0.3 is 41.5 Å². The number of likely N-dealkylation sites (tertiary alicyclic amines) is 1. The van der Waals surface area contributed by atoms with Crippen molar-refractivity contribution in [3.63, 3.8) is 0 Å². The van der Waals surface area contributed by atoms with Crippen LogP contribution in [0, 0.1) is 0 Å². The van der Waals surface area contributed by atoms with E-state index in [1.807, 2.05) is 0 Å². The molecular formula is C9H14NNaO7. The van der Waals surface area contributed by atoms with Crippen LogP contribution >= 0.6 is 0 Å². The summed E-state index contributed by atoms with van der Waals surface area (Å²) in [4.78, 5) is 33.8. The van der Waals surface area contributed by atoms with Crippen molar-refractivity contribution >= 4 is 17.8 Å². The maximum Gasteiger partial charge on any atom is 1.00 e. The molecular weight excluding hydrogens is 257 g/mol. The molecule has 9 heteroatoms. The summed E-state index contributed by atoms with van der Waals surface area (Å²) in [6, 6.07) is 0. The fourth-order valence-corrected chi connectivity index (χ4v) is 1.49. The number of nitrogens with zero attached hydrogens (tertiary/aromatic N) is 1. The number of carbonyl (C=O) groups is 3. The van der Waals surface area contributed by atoms with Gasteiger partial charge in [-0.05, 0) is 0 Å². The molecule has 1 aliphatic heterocycles. The molecule has 1 fully saturated rings. The number of β-lactam (4-membered cyclic amide) rings is 1. The summed E-state index contributed by atoms with van der Waals surface area (Å²) >= 11 is 0. The zero-order valence-electron chi connectivity index (χ0n) is 11.2. The second-order valence-corrected chi connectivity index (χ2v) is 3.50. The molecule has 0 unspecified atom stereocenters. The van der Waals surface area contributed by atoms with Crippen molar-refractivity contribution in [3.8, 4) is 0 Å². The topological polar surface area (TPSA) is 113 Å². The quantitative estimate of drug-likeness (QED) is 0.209. The first-order valence-electron chi connectivity index (χ1n) is 4.80. The third kappa shape index (κ3) is 3.01. The summed E-state index contributed by atoms with van der Waals surface area (Å²) in [5, 5.41) is 17.8. The molecule has 18 heavy (non-hydrogen) atoms. The van der Waals surface area contributed by atoms with E-state index in [0.29, 0.717) is 4.90 Å². The molecule has 0 radical (unpaired) electrons. The number of rotatable bonds is 7. The van der Waals surface area contributed by atoms with Gasteiger partial charge in [0.1, 0.15) is 6.73 Å². The molecule has 0 aromatic rings. The average molecular weight is 271 g/mol. The van der Waals surface area contributed by atoms with Crippen LogP contribution in [-0.2, 0) is 23.9 Å². The van der Waals surface area contributed by atoms with Gasteiger partial charge in [0, 0.05) is 7.11 Å². The minimum atomic E-state index is -2.19. The summed E-state index contributed by atoms with van der Waals surface area (Å²) in [6.45, 7) is 0.0472. The Morgan fingerprint density at radius 3 is 2.33 bits per heavy atom. The molecule has 0 aromatic carbocycles. The Morgan fingerprint density at radius 1 is 1.39 bits per heavy atom. The largest absolute Gasteiger partial charge is 1.00 e. The SMILES string of the molecule is COCCOCN1C(=O)CC1(C(=O)O)C(=O)O.[H-].[Na+]. The van der Waals surface area contributed by atoms with E-state index in [2.05, 4.69) is 4.74 Å². The number of carbonyl (C=O) groups excluding carboxylic acids is 1. The summed E-state index contributed by atoms with van der Waals surface area (Å²) < 4.78 is 9.65. The maximum atomic E-state index is 11.2. The zero-order valence-corrected chi connectivity index (χ0v) is 12.2. The van der Waals surface area contributed by atoms with Crippen molar-refractivity contribution in [2.24, 2.45) is 0 Å². The molecule has 0 aliphatic carbocycles. The van der Waals surface area contributed by atoms with Gasteiger partial charge in [0.2, 0.25) is 11.4 Å². The summed E-state index contributed by atoms with van der Waals surface area (Å²) in [5.41, 5.74) is -2.19. The van der Waals surface area contributed by atoms with Crippen LogP contribution in [0.5, 0.6) is 0 Å². The van der Waals surface area contributed by atoms with E-state index >= 15 is 0 Å². The van der Waals surface area contributed by atoms with Crippen molar-refractivity contribution in [1.29, 1.82) is 0 Å². The monoisotopic (exact) mass is 271 g/mol. The third-order valence-electron chi connectivity index (χ3n) is 2.53. The molecule has 1 aliphatic rings. The Morgan fingerprint density at radius 2 is 1.94 bits per heavy atom. The summed E-state index contributed by atoms with van der Waals surface area (Å²) in [6.07, 6.45) is -0.550. The smallest absolute Gasteiger partial charge is 1.00 e. The van der Waals surface area contributed by atoms with Crippen LogP contribution in [0.15, 0.2) is 0 Å². The van der Waals surface area contributed by atoms with E-state index in [1.54, 1.807) is 0 Å². The predicted molar refractivity (Wildman–Crippen MR) is 53.3 cm³/mol. The minimum Gasteiger partial charge on any atom is -1.00 e. The van der Waals surface area contributed by atoms with Gasteiger partial charge in [0.15, 0.2) is 0 Å². The first kappa shape index (κ1) is 17.3. The number of amides is 1. The number of carboxylic acid groups (broad SMARTS) is 2. The molecule has 2 N–H and O–H groups in total. The van der Waals surface area contributed by atoms with E-state index in [9.17, 15) is 14.4 Å². The molecule has 0 spiro atoms. The summed E-state index contributed by atoms with van der Waals surface area (Å²) in [7, 11) is 1.46. The van der Waals surface area contributed by atoms with Crippen LogP contribution < -0.4 is 29.6 Å². The Hall–Kier alpha value is -0.670. The fourth-order valence-electron chi connectivity index (χ4n) is 1.49. The zero-order chi connectivity index (χ0) is 13.1. The Balaban J connectivity index is 0. The molecule has 0 saturated carbocycles. The van der Waals surface area contributed by atoms with Crippen molar-refractivity contribution in [2.45, 2.75) is 12.0 Å². The first-order chi connectivity index (χ1) is 7.96. The molecule has 0 bridgehead atoms. The van der Waals surface area contributed by atoms with E-state index in [1.165, 1.54) is 7.11 Å². The Labute approximate surface area is 127 Å². The van der Waals surface area contributed by atoms with Gasteiger partial charge in [-0.3, -0.25) is 9.69 Å². The average Bonchev–Trinajstić information content (AvgIpc) is 2.24. The van der Waals surface area contributed by atoms with Crippen LogP contribution in [-0.4, -0.2) is 65.6 Å². The number of ether oxygens (including phenoxy) is 2. The minimum absolute atomic E-state index is 0. The van der Waals surface area contributed by atoms with Gasteiger partial charge in [-0.2, -0.15) is 0 Å². The van der Waals surface area contributed by atoms with Crippen molar-refractivity contribution in [3.05, 3.63) is 0 Å². The van der Waals surface area contributed by atoms with Gasteiger partial charge in [-0.1, -0.05) is 0 Å². The van der Waals surface area contributed by atoms with Gasteiger partial charge < -0.3 is 21.1 Å². The van der Waals surface area contributed by atoms with Crippen LogP contribution in [0.3, 0.4) is 0 Å². The first-order valence-corrected chi connectivity index (χ1v) is 4.80. The van der Waals surface area contributed by atoms with Crippen molar-refractivity contribution in [2.75, 3.05) is 27.1 Å². The van der Waals surface area contributed by atoms with Crippen LogP contribution in [0.25, 0.3) is 0 Å². The second kappa shape index (κ2) is 7.05. The van der Waals surface area contributed by atoms with Crippen LogP contribution in [0.2, 0.25) is 0 Å². The number of hydrogen-bond donors (Lipinski definition) is 2. The Bertz CT molecular complexity index is 337. The number of carboxylic acids is 2. The molecule has 1 heterocycles. The normalized spacial score (nSPS) is 16.7. The van der Waals surface area contributed by atoms with Gasteiger partial charge in [0.25, 0.3) is 0 Å². The van der Waals surface area contributed by atoms with E-state index < -0.39 is 29.8 Å². The standard InChI is InChI=1S/C9H13NO7.Na.H/c1-16-2-3-17-5-10-6(11)4-9(10,7(12)13)8(14)15;;/h2-5H2,1H3,(H,12,13)(H,14,15);;/q;+1;-1. The fraction of sp³-hybridized carbons (Fsp3) is 0.667.